The third kappa shape index (κ3) is 4.04. The van der Waals surface area contributed by atoms with Crippen LogP contribution in [0.5, 0.6) is 5.75 Å². The molecule has 31 heavy (non-hydrogen) atoms. The first-order chi connectivity index (χ1) is 15.1. The molecule has 1 aliphatic rings. The molecule has 152 valence electrons. The van der Waals surface area contributed by atoms with Gasteiger partial charge >= 0.3 is 0 Å². The molecule has 0 saturated carbocycles. The summed E-state index contributed by atoms with van der Waals surface area (Å²) < 4.78 is 0.642. The molecule has 0 saturated heterocycles. The molecule has 0 aliphatic heterocycles. The largest absolute Gasteiger partial charge is 0.506 e. The van der Waals surface area contributed by atoms with E-state index >= 15 is 0 Å². The lowest BCUT2D eigenvalue weighted by Gasteiger charge is -2.09. The molecule has 1 aliphatic carbocycles. The van der Waals surface area contributed by atoms with Gasteiger partial charge in [0.15, 0.2) is 0 Å². The number of aromatic hydroxyl groups is 1. The van der Waals surface area contributed by atoms with Crippen LogP contribution in [0.15, 0.2) is 88.3 Å². The lowest BCUT2D eigenvalue weighted by Crippen LogP contribution is -1.93. The predicted molar refractivity (Wildman–Crippen MR) is 132 cm³/mol. The Hall–Kier alpha value is -2.88. The zero-order valence-corrected chi connectivity index (χ0v) is 19.0. The number of hydrogen-bond acceptors (Lipinski definition) is 2. The number of nitrogens with zero attached hydrogens (tertiary/aromatic N) is 1. The van der Waals surface area contributed by atoms with Crippen LogP contribution in [-0.4, -0.2) is 11.3 Å². The molecule has 0 bridgehead atoms. The van der Waals surface area contributed by atoms with Crippen molar-refractivity contribution in [3.05, 3.63) is 116 Å². The molecule has 0 heterocycles. The van der Waals surface area contributed by atoms with E-state index in [2.05, 4.69) is 57.3 Å². The SMILES string of the molecule is Oc1c(Br)cc(Cc2ccccc2Cl)cc1C=Nc1ccc2c(c1)Cc1ccccc1-2. The van der Waals surface area contributed by atoms with Crippen molar-refractivity contribution >= 4 is 39.4 Å². The Labute approximate surface area is 195 Å². The quantitative estimate of drug-likeness (QED) is 0.258. The van der Waals surface area contributed by atoms with Crippen molar-refractivity contribution in [1.29, 1.82) is 0 Å². The average Bonchev–Trinajstić information content (AvgIpc) is 3.14. The van der Waals surface area contributed by atoms with Crippen LogP contribution in [0.3, 0.4) is 0 Å². The zero-order chi connectivity index (χ0) is 21.4. The van der Waals surface area contributed by atoms with E-state index in [4.69, 9.17) is 11.6 Å². The molecule has 0 radical (unpaired) electrons. The average molecular weight is 489 g/mol. The van der Waals surface area contributed by atoms with Crippen LogP contribution in [0.4, 0.5) is 5.69 Å². The highest BCUT2D eigenvalue weighted by atomic mass is 79.9. The molecule has 2 nitrogen and oxygen atoms in total. The molecule has 4 aromatic carbocycles. The molecule has 0 aromatic heterocycles. The highest BCUT2D eigenvalue weighted by molar-refractivity contribution is 9.10. The Bertz CT molecular complexity index is 1330. The van der Waals surface area contributed by atoms with E-state index in [1.165, 1.54) is 22.3 Å². The van der Waals surface area contributed by atoms with E-state index in [1.807, 2.05) is 42.5 Å². The lowest BCUT2D eigenvalue weighted by molar-refractivity contribution is 0.471. The van der Waals surface area contributed by atoms with Gasteiger partial charge in [0.2, 0.25) is 0 Å². The van der Waals surface area contributed by atoms with Gasteiger partial charge in [-0.05, 0) is 92.5 Å². The fourth-order valence-electron chi connectivity index (χ4n) is 4.10. The molecule has 5 rings (SSSR count). The van der Waals surface area contributed by atoms with E-state index in [0.29, 0.717) is 16.5 Å². The van der Waals surface area contributed by atoms with Crippen molar-refractivity contribution in [2.45, 2.75) is 12.8 Å². The summed E-state index contributed by atoms with van der Waals surface area (Å²) in [6.45, 7) is 0. The number of fused-ring (bicyclic) bond motifs is 3. The van der Waals surface area contributed by atoms with Gasteiger partial charge in [0.25, 0.3) is 0 Å². The summed E-state index contributed by atoms with van der Waals surface area (Å²) in [4.78, 5) is 4.65. The first-order valence-electron chi connectivity index (χ1n) is 10.1. The van der Waals surface area contributed by atoms with E-state index in [0.717, 1.165) is 28.3 Å². The third-order valence-corrected chi connectivity index (χ3v) is 6.61. The van der Waals surface area contributed by atoms with Gasteiger partial charge in [-0.15, -0.1) is 0 Å². The second kappa shape index (κ2) is 8.33. The van der Waals surface area contributed by atoms with Crippen molar-refractivity contribution in [1.82, 2.24) is 0 Å². The fraction of sp³-hybridized carbons (Fsp3) is 0.0741. The van der Waals surface area contributed by atoms with Crippen LogP contribution >= 0.6 is 27.5 Å². The molecular weight excluding hydrogens is 470 g/mol. The summed E-state index contributed by atoms with van der Waals surface area (Å²) in [5.74, 6) is 0.181. The van der Waals surface area contributed by atoms with E-state index in [1.54, 1.807) is 6.21 Å². The van der Waals surface area contributed by atoms with Gasteiger partial charge < -0.3 is 5.11 Å². The Morgan fingerprint density at radius 1 is 0.903 bits per heavy atom. The predicted octanol–water partition coefficient (Wildman–Crippen LogP) is 7.72. The van der Waals surface area contributed by atoms with E-state index in [9.17, 15) is 5.11 Å². The summed E-state index contributed by atoms with van der Waals surface area (Å²) >= 11 is 9.79. The molecule has 1 N–H and O–H groups in total. The van der Waals surface area contributed by atoms with Gasteiger partial charge in [0, 0.05) is 16.8 Å². The number of phenolic OH excluding ortho intramolecular Hbond substituents is 1. The maximum atomic E-state index is 10.5. The van der Waals surface area contributed by atoms with E-state index in [-0.39, 0.29) is 5.75 Å². The molecule has 4 heteroatoms. The van der Waals surface area contributed by atoms with Crippen LogP contribution in [0.25, 0.3) is 11.1 Å². The van der Waals surface area contributed by atoms with Crippen LogP contribution < -0.4 is 0 Å². The van der Waals surface area contributed by atoms with Gasteiger partial charge in [-0.1, -0.05) is 60.1 Å². The minimum absolute atomic E-state index is 0.181. The van der Waals surface area contributed by atoms with E-state index < -0.39 is 0 Å². The monoisotopic (exact) mass is 487 g/mol. The highest BCUT2D eigenvalue weighted by Crippen LogP contribution is 2.38. The van der Waals surface area contributed by atoms with Crippen LogP contribution in [0.1, 0.15) is 27.8 Å². The highest BCUT2D eigenvalue weighted by Gasteiger charge is 2.17. The van der Waals surface area contributed by atoms with Crippen molar-refractivity contribution in [3.63, 3.8) is 0 Å². The molecule has 0 atom stereocenters. The third-order valence-electron chi connectivity index (χ3n) is 5.64. The summed E-state index contributed by atoms with van der Waals surface area (Å²) in [5, 5.41) is 11.3. The molecule has 0 unspecified atom stereocenters. The Morgan fingerprint density at radius 2 is 1.68 bits per heavy atom. The lowest BCUT2D eigenvalue weighted by atomic mass is 10.0. The number of aliphatic imine (C=N–C) groups is 1. The summed E-state index contributed by atoms with van der Waals surface area (Å²) in [6, 6.07) is 26.5. The summed E-state index contributed by atoms with van der Waals surface area (Å²) in [6.07, 6.45) is 3.33. The van der Waals surface area contributed by atoms with Crippen molar-refractivity contribution in [2.24, 2.45) is 4.99 Å². The minimum atomic E-state index is 0.181. The Kier molecular flexibility index (Phi) is 5.39. The number of benzene rings is 4. The first kappa shape index (κ1) is 20.0. The molecule has 4 aromatic rings. The van der Waals surface area contributed by atoms with Crippen LogP contribution in [0, 0.1) is 0 Å². The standard InChI is InChI=1S/C27H19BrClNO/c28-25-13-17(11-19-6-2-4-8-26(19)29)12-21(27(25)31)16-30-22-9-10-24-20(15-22)14-18-5-1-3-7-23(18)24/h1-10,12-13,15-16,31H,11,14H2. The second-order valence-corrected chi connectivity index (χ2v) is 8.98. The summed E-state index contributed by atoms with van der Waals surface area (Å²) in [7, 11) is 0. The maximum Gasteiger partial charge on any atom is 0.138 e. The Balaban J connectivity index is 1.43. The fourth-order valence-corrected chi connectivity index (χ4v) is 4.82. The van der Waals surface area contributed by atoms with Gasteiger partial charge in [-0.3, -0.25) is 4.99 Å². The number of rotatable bonds is 4. The smallest absolute Gasteiger partial charge is 0.138 e. The zero-order valence-electron chi connectivity index (χ0n) is 16.6. The number of halogens is 2. The topological polar surface area (TPSA) is 32.6 Å². The maximum absolute atomic E-state index is 10.5. The summed E-state index contributed by atoms with van der Waals surface area (Å²) in [5.41, 5.74) is 8.86. The van der Waals surface area contributed by atoms with Gasteiger partial charge in [-0.25, -0.2) is 0 Å². The van der Waals surface area contributed by atoms with Crippen LogP contribution in [-0.2, 0) is 12.8 Å². The Morgan fingerprint density at radius 3 is 2.55 bits per heavy atom. The first-order valence-corrected chi connectivity index (χ1v) is 11.3. The molecule has 0 amide bonds. The number of phenols is 1. The molecular formula is C27H19BrClNO. The molecule has 0 spiro atoms. The van der Waals surface area contributed by atoms with Crippen LogP contribution in [0.2, 0.25) is 5.02 Å². The minimum Gasteiger partial charge on any atom is -0.506 e. The van der Waals surface area contributed by atoms with Gasteiger partial charge in [0.1, 0.15) is 5.75 Å². The van der Waals surface area contributed by atoms with Crippen molar-refractivity contribution in [3.8, 4) is 16.9 Å². The van der Waals surface area contributed by atoms with Gasteiger partial charge in [-0.2, -0.15) is 0 Å². The van der Waals surface area contributed by atoms with Crippen molar-refractivity contribution < 1.29 is 5.11 Å². The van der Waals surface area contributed by atoms with Gasteiger partial charge in [0.05, 0.1) is 10.2 Å². The number of hydrogen-bond donors (Lipinski definition) is 1. The normalized spacial score (nSPS) is 12.2. The van der Waals surface area contributed by atoms with Crippen molar-refractivity contribution in [2.75, 3.05) is 0 Å². The molecule has 0 fully saturated rings. The second-order valence-electron chi connectivity index (χ2n) is 7.72.